The van der Waals surface area contributed by atoms with Crippen molar-refractivity contribution in [1.29, 1.82) is 0 Å². The lowest BCUT2D eigenvalue weighted by molar-refractivity contribution is 0.318. The van der Waals surface area contributed by atoms with Crippen LogP contribution in [0.25, 0.3) is 0 Å². The molecule has 0 amide bonds. The smallest absolute Gasteiger partial charge is 0.100 e. The standard InChI is InChI=1S/C6H10N2O2/c9-7-5-3-1-2-4-6(5)8-10/h9-10H,1-4H2/p-1/b7-5+,8-6+. The molecular weight excluding hydrogens is 132 g/mol. The van der Waals surface area contributed by atoms with Gasteiger partial charge in [0.05, 0.1) is 5.71 Å². The van der Waals surface area contributed by atoms with Gasteiger partial charge in [-0.25, -0.2) is 0 Å². The molecule has 0 aromatic carbocycles. The minimum absolute atomic E-state index is 0.411. The average Bonchev–Trinajstić information content (AvgIpc) is 2.04. The maximum absolute atomic E-state index is 10.1. The van der Waals surface area contributed by atoms with E-state index >= 15 is 0 Å². The monoisotopic (exact) mass is 141 g/mol. The maximum atomic E-state index is 10.1. The van der Waals surface area contributed by atoms with Crippen LogP contribution in [-0.2, 0) is 0 Å². The molecule has 1 rings (SSSR count). The summed E-state index contributed by atoms with van der Waals surface area (Å²) < 4.78 is 0. The molecule has 0 unspecified atom stereocenters. The van der Waals surface area contributed by atoms with Gasteiger partial charge in [-0.05, 0) is 25.7 Å². The van der Waals surface area contributed by atoms with Gasteiger partial charge < -0.3 is 15.6 Å². The molecule has 0 aromatic heterocycles. The first kappa shape index (κ1) is 7.05. The lowest BCUT2D eigenvalue weighted by Crippen LogP contribution is -2.18. The van der Waals surface area contributed by atoms with Gasteiger partial charge in [0.1, 0.15) is 5.71 Å². The Labute approximate surface area is 58.8 Å². The molecule has 56 valence electrons. The fraction of sp³-hybridized carbons (Fsp3) is 0.667. The fourth-order valence-electron chi connectivity index (χ4n) is 1.08. The van der Waals surface area contributed by atoms with Gasteiger partial charge in [-0.2, -0.15) is 0 Å². The molecular formula is C6H9N2O2-. The van der Waals surface area contributed by atoms with Crippen LogP contribution in [0.3, 0.4) is 0 Å². The van der Waals surface area contributed by atoms with E-state index < -0.39 is 0 Å². The zero-order valence-corrected chi connectivity index (χ0v) is 5.58. The third-order valence-electron chi connectivity index (χ3n) is 1.64. The van der Waals surface area contributed by atoms with Gasteiger partial charge in [0, 0.05) is 0 Å². The third kappa shape index (κ3) is 1.26. The predicted octanol–water partition coefficient (Wildman–Crippen LogP) is 1.33. The molecule has 0 heterocycles. The van der Waals surface area contributed by atoms with E-state index in [0.29, 0.717) is 24.3 Å². The van der Waals surface area contributed by atoms with E-state index in [-0.39, 0.29) is 0 Å². The van der Waals surface area contributed by atoms with Gasteiger partial charge in [0.15, 0.2) is 0 Å². The molecule has 1 aliphatic rings. The van der Waals surface area contributed by atoms with E-state index in [9.17, 15) is 5.21 Å². The first-order chi connectivity index (χ1) is 4.88. The molecule has 1 fully saturated rings. The van der Waals surface area contributed by atoms with Crippen molar-refractivity contribution in [2.75, 3.05) is 0 Å². The summed E-state index contributed by atoms with van der Waals surface area (Å²) in [7, 11) is 0. The summed E-state index contributed by atoms with van der Waals surface area (Å²) in [5.74, 6) is 0. The van der Waals surface area contributed by atoms with Crippen molar-refractivity contribution in [1.82, 2.24) is 0 Å². The molecule has 1 aliphatic carbocycles. The van der Waals surface area contributed by atoms with Crippen molar-refractivity contribution >= 4 is 11.4 Å². The van der Waals surface area contributed by atoms with Crippen molar-refractivity contribution in [2.45, 2.75) is 25.7 Å². The molecule has 0 atom stereocenters. The summed E-state index contributed by atoms with van der Waals surface area (Å²) >= 11 is 0. The number of hydrogen-bond acceptors (Lipinski definition) is 4. The highest BCUT2D eigenvalue weighted by molar-refractivity contribution is 6.42. The van der Waals surface area contributed by atoms with Crippen LogP contribution in [0, 0.1) is 5.21 Å². The summed E-state index contributed by atoms with van der Waals surface area (Å²) in [5, 5.41) is 24.2. The Hall–Kier alpha value is -1.06. The van der Waals surface area contributed by atoms with E-state index in [1.807, 2.05) is 0 Å². The Morgan fingerprint density at radius 3 is 2.20 bits per heavy atom. The minimum atomic E-state index is 0.411. The molecule has 0 saturated heterocycles. The molecule has 1 N–H and O–H groups in total. The largest absolute Gasteiger partial charge is 0.792 e. The Balaban J connectivity index is 2.69. The number of nitrogens with zero attached hydrogens (tertiary/aromatic N) is 2. The van der Waals surface area contributed by atoms with Crippen LogP contribution in [0.1, 0.15) is 25.7 Å². The topological polar surface area (TPSA) is 68.0 Å². The van der Waals surface area contributed by atoms with Gasteiger partial charge in [-0.3, -0.25) is 0 Å². The zero-order valence-electron chi connectivity index (χ0n) is 5.58. The summed E-state index contributed by atoms with van der Waals surface area (Å²) in [6, 6.07) is 0. The minimum Gasteiger partial charge on any atom is -0.792 e. The molecule has 0 radical (unpaired) electrons. The number of hydrogen-bond donors (Lipinski definition) is 1. The molecule has 0 aliphatic heterocycles. The molecule has 4 heteroatoms. The second-order valence-electron chi connectivity index (χ2n) is 2.29. The Kier molecular flexibility index (Phi) is 2.25. The summed E-state index contributed by atoms with van der Waals surface area (Å²) in [4.78, 5) is 0. The first-order valence-corrected chi connectivity index (χ1v) is 3.29. The fourth-order valence-corrected chi connectivity index (χ4v) is 1.08. The van der Waals surface area contributed by atoms with Crippen LogP contribution in [0.4, 0.5) is 0 Å². The third-order valence-corrected chi connectivity index (χ3v) is 1.64. The van der Waals surface area contributed by atoms with Gasteiger partial charge in [-0.1, -0.05) is 5.16 Å². The van der Waals surface area contributed by atoms with Gasteiger partial charge in [0.25, 0.3) is 0 Å². The Morgan fingerprint density at radius 2 is 1.80 bits per heavy atom. The summed E-state index contributed by atoms with van der Waals surface area (Å²) in [6.07, 6.45) is 3.29. The molecule has 0 aromatic rings. The predicted molar refractivity (Wildman–Crippen MR) is 38.5 cm³/mol. The van der Waals surface area contributed by atoms with Gasteiger partial charge in [0.2, 0.25) is 0 Å². The van der Waals surface area contributed by atoms with E-state index in [1.54, 1.807) is 0 Å². The van der Waals surface area contributed by atoms with Crippen molar-refractivity contribution in [3.63, 3.8) is 0 Å². The molecule has 1 saturated carbocycles. The highest BCUT2D eigenvalue weighted by Gasteiger charge is 2.13. The van der Waals surface area contributed by atoms with E-state index in [0.717, 1.165) is 12.8 Å². The summed E-state index contributed by atoms with van der Waals surface area (Å²) in [5.41, 5.74) is 0.870. The molecule has 10 heavy (non-hydrogen) atoms. The van der Waals surface area contributed by atoms with Crippen LogP contribution < -0.4 is 0 Å². The van der Waals surface area contributed by atoms with Crippen LogP contribution in [-0.4, -0.2) is 16.6 Å². The van der Waals surface area contributed by atoms with Gasteiger partial charge >= 0.3 is 0 Å². The normalized spacial score (nSPS) is 27.6. The van der Waals surface area contributed by atoms with Crippen molar-refractivity contribution in [3.8, 4) is 0 Å². The van der Waals surface area contributed by atoms with Crippen molar-refractivity contribution in [2.24, 2.45) is 10.3 Å². The van der Waals surface area contributed by atoms with Gasteiger partial charge in [-0.15, -0.1) is 0 Å². The second kappa shape index (κ2) is 3.20. The number of rotatable bonds is 0. The van der Waals surface area contributed by atoms with Crippen molar-refractivity contribution in [3.05, 3.63) is 5.21 Å². The van der Waals surface area contributed by atoms with Crippen LogP contribution in [0.5, 0.6) is 0 Å². The first-order valence-electron chi connectivity index (χ1n) is 3.29. The quantitative estimate of drug-likeness (QED) is 0.408. The van der Waals surface area contributed by atoms with Crippen LogP contribution in [0.2, 0.25) is 0 Å². The number of oxime groups is 1. The van der Waals surface area contributed by atoms with Crippen molar-refractivity contribution < 1.29 is 5.21 Å². The maximum Gasteiger partial charge on any atom is 0.100 e. The van der Waals surface area contributed by atoms with Crippen LogP contribution >= 0.6 is 0 Å². The molecule has 4 nitrogen and oxygen atoms in total. The second-order valence-corrected chi connectivity index (χ2v) is 2.29. The van der Waals surface area contributed by atoms with E-state index in [4.69, 9.17) is 5.21 Å². The SMILES string of the molecule is [O-]/N=C1\CCCC\C1=N/O. The summed E-state index contributed by atoms with van der Waals surface area (Å²) in [6.45, 7) is 0. The highest BCUT2D eigenvalue weighted by Crippen LogP contribution is 2.12. The Morgan fingerprint density at radius 1 is 1.20 bits per heavy atom. The van der Waals surface area contributed by atoms with E-state index in [1.165, 1.54) is 0 Å². The average molecular weight is 141 g/mol. The highest BCUT2D eigenvalue weighted by atomic mass is 16.4. The zero-order chi connectivity index (χ0) is 7.40. The van der Waals surface area contributed by atoms with E-state index in [2.05, 4.69) is 10.3 Å². The Bertz CT molecular complexity index is 155. The molecule has 0 bridgehead atoms. The lowest BCUT2D eigenvalue weighted by Gasteiger charge is -2.14. The van der Waals surface area contributed by atoms with Crippen LogP contribution in [0.15, 0.2) is 10.3 Å². The molecule has 0 spiro atoms. The lowest BCUT2D eigenvalue weighted by atomic mass is 9.97.